The maximum absolute atomic E-state index is 5.88. The molecule has 1 aromatic rings. The molecule has 1 atom stereocenters. The second kappa shape index (κ2) is 4.53. The molecule has 0 aromatic carbocycles. The predicted molar refractivity (Wildman–Crippen MR) is 62.1 cm³/mol. The van der Waals surface area contributed by atoms with Crippen LogP contribution in [0.3, 0.4) is 0 Å². The summed E-state index contributed by atoms with van der Waals surface area (Å²) in [6, 6.07) is 0.141. The second-order valence-corrected chi connectivity index (χ2v) is 5.16. The quantitative estimate of drug-likeness (QED) is 0.849. The number of aromatic nitrogens is 2. The first-order valence-corrected chi connectivity index (χ1v) is 6.23. The van der Waals surface area contributed by atoms with Gasteiger partial charge in [0, 0.05) is 17.9 Å². The molecular weight excluding hydrogens is 202 g/mol. The van der Waals surface area contributed by atoms with Crippen LogP contribution >= 0.6 is 0 Å². The van der Waals surface area contributed by atoms with E-state index in [4.69, 9.17) is 10.3 Å². The highest BCUT2D eigenvalue weighted by Crippen LogP contribution is 2.39. The standard InChI is InChI=1S/C12H21N3O/c1-3-9(13)8-10-14-11(16-15-10)12(2)6-4-5-7-12/h9H,3-8,13H2,1-2H3. The van der Waals surface area contributed by atoms with Crippen LogP contribution in [0.4, 0.5) is 0 Å². The summed E-state index contributed by atoms with van der Waals surface area (Å²) in [4.78, 5) is 4.49. The van der Waals surface area contributed by atoms with Gasteiger partial charge in [0.05, 0.1) is 0 Å². The maximum atomic E-state index is 5.88. The minimum Gasteiger partial charge on any atom is -0.339 e. The molecule has 4 nitrogen and oxygen atoms in total. The van der Waals surface area contributed by atoms with Crippen LogP contribution in [0.1, 0.15) is 57.7 Å². The van der Waals surface area contributed by atoms with Crippen LogP contribution in [0.25, 0.3) is 0 Å². The first-order valence-electron chi connectivity index (χ1n) is 6.23. The fourth-order valence-corrected chi connectivity index (χ4v) is 2.33. The van der Waals surface area contributed by atoms with E-state index in [1.54, 1.807) is 0 Å². The Kier molecular flexibility index (Phi) is 3.28. The zero-order valence-corrected chi connectivity index (χ0v) is 10.2. The normalized spacial score (nSPS) is 21.2. The molecule has 0 radical (unpaired) electrons. The van der Waals surface area contributed by atoms with Crippen molar-refractivity contribution in [3.8, 4) is 0 Å². The molecule has 4 heteroatoms. The Hall–Kier alpha value is -0.900. The molecule has 1 aromatic heterocycles. The smallest absolute Gasteiger partial charge is 0.232 e. The second-order valence-electron chi connectivity index (χ2n) is 5.16. The van der Waals surface area contributed by atoms with Gasteiger partial charge in [-0.15, -0.1) is 0 Å². The molecule has 16 heavy (non-hydrogen) atoms. The summed E-state index contributed by atoms with van der Waals surface area (Å²) < 4.78 is 5.38. The van der Waals surface area contributed by atoms with E-state index < -0.39 is 0 Å². The molecule has 90 valence electrons. The van der Waals surface area contributed by atoms with Crippen molar-refractivity contribution in [1.82, 2.24) is 10.1 Å². The van der Waals surface area contributed by atoms with Gasteiger partial charge < -0.3 is 10.3 Å². The van der Waals surface area contributed by atoms with Crippen molar-refractivity contribution in [3.63, 3.8) is 0 Å². The highest BCUT2D eigenvalue weighted by atomic mass is 16.5. The van der Waals surface area contributed by atoms with Crippen LogP contribution in [-0.4, -0.2) is 16.2 Å². The Morgan fingerprint density at radius 1 is 1.44 bits per heavy atom. The molecule has 1 unspecified atom stereocenters. The molecule has 1 saturated carbocycles. The molecule has 1 fully saturated rings. The van der Waals surface area contributed by atoms with Gasteiger partial charge in [0.2, 0.25) is 5.89 Å². The summed E-state index contributed by atoms with van der Waals surface area (Å²) in [6.07, 6.45) is 6.52. The Morgan fingerprint density at radius 2 is 2.12 bits per heavy atom. The molecule has 1 aliphatic carbocycles. The van der Waals surface area contributed by atoms with E-state index in [1.807, 2.05) is 0 Å². The molecule has 0 amide bonds. The van der Waals surface area contributed by atoms with Gasteiger partial charge in [0.15, 0.2) is 5.82 Å². The molecule has 2 rings (SSSR count). The van der Waals surface area contributed by atoms with Crippen molar-refractivity contribution < 1.29 is 4.52 Å². The molecule has 0 saturated heterocycles. The third-order valence-corrected chi connectivity index (χ3v) is 3.66. The molecular formula is C12H21N3O. The molecule has 1 heterocycles. The highest BCUT2D eigenvalue weighted by Gasteiger charge is 2.36. The van der Waals surface area contributed by atoms with Gasteiger partial charge in [-0.2, -0.15) is 4.98 Å². The van der Waals surface area contributed by atoms with Crippen molar-refractivity contribution >= 4 is 0 Å². The number of rotatable bonds is 4. The zero-order chi connectivity index (χ0) is 11.6. The van der Waals surface area contributed by atoms with E-state index in [9.17, 15) is 0 Å². The summed E-state index contributed by atoms with van der Waals surface area (Å²) in [7, 11) is 0. The minimum atomic E-state index is 0.113. The van der Waals surface area contributed by atoms with Gasteiger partial charge in [-0.05, 0) is 19.3 Å². The first-order chi connectivity index (χ1) is 7.64. The summed E-state index contributed by atoms with van der Waals surface area (Å²) in [6.45, 7) is 4.29. The van der Waals surface area contributed by atoms with E-state index in [1.165, 1.54) is 12.8 Å². The van der Waals surface area contributed by atoms with Gasteiger partial charge >= 0.3 is 0 Å². The lowest BCUT2D eigenvalue weighted by atomic mass is 9.89. The van der Waals surface area contributed by atoms with Crippen LogP contribution in [0.5, 0.6) is 0 Å². The summed E-state index contributed by atoms with van der Waals surface area (Å²) >= 11 is 0. The molecule has 0 bridgehead atoms. The van der Waals surface area contributed by atoms with E-state index >= 15 is 0 Å². The largest absolute Gasteiger partial charge is 0.339 e. The Morgan fingerprint density at radius 3 is 2.75 bits per heavy atom. The summed E-state index contributed by atoms with van der Waals surface area (Å²) in [5, 5.41) is 4.03. The van der Waals surface area contributed by atoms with Crippen molar-refractivity contribution in [2.75, 3.05) is 0 Å². The van der Waals surface area contributed by atoms with Crippen molar-refractivity contribution in [2.24, 2.45) is 5.73 Å². The molecule has 0 aliphatic heterocycles. The third-order valence-electron chi connectivity index (χ3n) is 3.66. The minimum absolute atomic E-state index is 0.113. The molecule has 0 spiro atoms. The number of nitrogens with zero attached hydrogens (tertiary/aromatic N) is 2. The number of hydrogen-bond acceptors (Lipinski definition) is 4. The van der Waals surface area contributed by atoms with Gasteiger partial charge in [0.25, 0.3) is 0 Å². The van der Waals surface area contributed by atoms with Crippen LogP contribution in [0.2, 0.25) is 0 Å². The SMILES string of the molecule is CCC(N)Cc1noc(C2(C)CCCC2)n1. The van der Waals surface area contributed by atoms with Gasteiger partial charge in [-0.3, -0.25) is 0 Å². The fourth-order valence-electron chi connectivity index (χ4n) is 2.33. The zero-order valence-electron chi connectivity index (χ0n) is 10.2. The fraction of sp³-hybridized carbons (Fsp3) is 0.833. The number of hydrogen-bond donors (Lipinski definition) is 1. The van der Waals surface area contributed by atoms with E-state index in [2.05, 4.69) is 24.0 Å². The Labute approximate surface area is 96.6 Å². The maximum Gasteiger partial charge on any atom is 0.232 e. The Balaban J connectivity index is 2.07. The highest BCUT2D eigenvalue weighted by molar-refractivity contribution is 5.06. The molecule has 2 N–H and O–H groups in total. The lowest BCUT2D eigenvalue weighted by Gasteiger charge is -2.16. The lowest BCUT2D eigenvalue weighted by molar-refractivity contribution is 0.294. The summed E-state index contributed by atoms with van der Waals surface area (Å²) in [5.41, 5.74) is 5.99. The van der Waals surface area contributed by atoms with Crippen molar-refractivity contribution in [2.45, 2.75) is 63.8 Å². The van der Waals surface area contributed by atoms with Crippen LogP contribution in [0, 0.1) is 0 Å². The molecule has 1 aliphatic rings. The van der Waals surface area contributed by atoms with Crippen molar-refractivity contribution in [3.05, 3.63) is 11.7 Å². The van der Waals surface area contributed by atoms with Crippen LogP contribution < -0.4 is 5.73 Å². The van der Waals surface area contributed by atoms with E-state index in [-0.39, 0.29) is 11.5 Å². The average Bonchev–Trinajstić information content (AvgIpc) is 2.88. The predicted octanol–water partition coefficient (Wildman–Crippen LogP) is 2.18. The van der Waals surface area contributed by atoms with Crippen molar-refractivity contribution in [1.29, 1.82) is 0 Å². The van der Waals surface area contributed by atoms with E-state index in [0.29, 0.717) is 0 Å². The van der Waals surface area contributed by atoms with Crippen LogP contribution in [0.15, 0.2) is 4.52 Å². The van der Waals surface area contributed by atoms with Crippen LogP contribution in [-0.2, 0) is 11.8 Å². The van der Waals surface area contributed by atoms with Gasteiger partial charge in [0.1, 0.15) is 0 Å². The third kappa shape index (κ3) is 2.26. The first kappa shape index (κ1) is 11.6. The lowest BCUT2D eigenvalue weighted by Crippen LogP contribution is -2.22. The van der Waals surface area contributed by atoms with E-state index in [0.717, 1.165) is 37.4 Å². The summed E-state index contributed by atoms with van der Waals surface area (Å²) in [5.74, 6) is 1.57. The van der Waals surface area contributed by atoms with Gasteiger partial charge in [-0.25, -0.2) is 0 Å². The number of nitrogens with two attached hydrogens (primary N) is 1. The Bertz CT molecular complexity index is 342. The average molecular weight is 223 g/mol. The topological polar surface area (TPSA) is 64.9 Å². The monoisotopic (exact) mass is 223 g/mol. The van der Waals surface area contributed by atoms with Gasteiger partial charge in [-0.1, -0.05) is 31.8 Å².